The van der Waals surface area contributed by atoms with Crippen molar-refractivity contribution < 1.29 is 4.39 Å². The highest BCUT2D eigenvalue weighted by Gasteiger charge is 2.17. The molecule has 2 aromatic heterocycles. The number of benzene rings is 1. The predicted molar refractivity (Wildman–Crippen MR) is 76.2 cm³/mol. The summed E-state index contributed by atoms with van der Waals surface area (Å²) in [6.07, 6.45) is -0.503. The SMILES string of the molecule is Fc1ccccc1C(Nc1nncs1)Nc1nncs1. The lowest BCUT2D eigenvalue weighted by atomic mass is 10.1. The van der Waals surface area contributed by atoms with Crippen molar-refractivity contribution in [1.29, 1.82) is 0 Å². The van der Waals surface area contributed by atoms with Gasteiger partial charge in [0, 0.05) is 5.56 Å². The Hall–Kier alpha value is -2.13. The number of aromatic nitrogens is 4. The quantitative estimate of drug-likeness (QED) is 0.706. The smallest absolute Gasteiger partial charge is 0.207 e. The molecule has 0 radical (unpaired) electrons. The lowest BCUT2D eigenvalue weighted by Crippen LogP contribution is -2.21. The van der Waals surface area contributed by atoms with Crippen LogP contribution in [0.4, 0.5) is 14.7 Å². The van der Waals surface area contributed by atoms with E-state index >= 15 is 0 Å². The van der Waals surface area contributed by atoms with Crippen LogP contribution in [-0.4, -0.2) is 20.4 Å². The van der Waals surface area contributed by atoms with Crippen molar-refractivity contribution in [2.24, 2.45) is 0 Å². The summed E-state index contributed by atoms with van der Waals surface area (Å²) in [5, 5.41) is 22.7. The lowest BCUT2D eigenvalue weighted by molar-refractivity contribution is 0.602. The second-order valence-corrected chi connectivity index (χ2v) is 5.40. The van der Waals surface area contributed by atoms with E-state index in [0.717, 1.165) is 0 Å². The fourth-order valence-electron chi connectivity index (χ4n) is 1.62. The number of nitrogens with zero attached hydrogens (tertiary/aromatic N) is 4. The fourth-order valence-corrected chi connectivity index (χ4v) is 2.57. The summed E-state index contributed by atoms with van der Waals surface area (Å²) >= 11 is 2.67. The standard InChI is InChI=1S/C11H9FN6S2/c12-8-4-2-1-3-7(8)9(15-10-17-13-5-19-10)16-11-18-14-6-20-11/h1-6,9H,(H,15,17)(H,16,18). The Bertz CT molecular complexity index is 621. The number of hydrogen-bond donors (Lipinski definition) is 2. The van der Waals surface area contributed by atoms with Gasteiger partial charge in [-0.15, -0.1) is 20.4 Å². The van der Waals surface area contributed by atoms with Crippen molar-refractivity contribution >= 4 is 32.9 Å². The molecule has 20 heavy (non-hydrogen) atoms. The van der Waals surface area contributed by atoms with Gasteiger partial charge < -0.3 is 10.6 Å². The second kappa shape index (κ2) is 5.88. The Morgan fingerprint density at radius 3 is 2.05 bits per heavy atom. The molecule has 0 bridgehead atoms. The summed E-state index contributed by atoms with van der Waals surface area (Å²) in [7, 11) is 0. The molecule has 0 aliphatic carbocycles. The Labute approximate surface area is 121 Å². The van der Waals surface area contributed by atoms with Crippen LogP contribution >= 0.6 is 22.7 Å². The summed E-state index contributed by atoms with van der Waals surface area (Å²) < 4.78 is 14.0. The summed E-state index contributed by atoms with van der Waals surface area (Å²) in [4.78, 5) is 0. The Morgan fingerprint density at radius 1 is 0.950 bits per heavy atom. The van der Waals surface area contributed by atoms with Crippen LogP contribution in [0.3, 0.4) is 0 Å². The fraction of sp³-hybridized carbons (Fsp3) is 0.0909. The number of anilines is 2. The topological polar surface area (TPSA) is 75.6 Å². The van der Waals surface area contributed by atoms with E-state index in [1.807, 2.05) is 0 Å². The first-order chi connectivity index (χ1) is 9.83. The van der Waals surface area contributed by atoms with E-state index in [1.54, 1.807) is 29.2 Å². The van der Waals surface area contributed by atoms with Gasteiger partial charge in [0.1, 0.15) is 23.0 Å². The summed E-state index contributed by atoms with van der Waals surface area (Å²) in [6, 6.07) is 6.52. The maximum atomic E-state index is 14.0. The monoisotopic (exact) mass is 308 g/mol. The molecule has 0 aliphatic rings. The number of rotatable bonds is 5. The molecule has 6 nitrogen and oxygen atoms in total. The van der Waals surface area contributed by atoms with E-state index < -0.39 is 6.17 Å². The zero-order valence-corrected chi connectivity index (χ0v) is 11.7. The molecule has 2 heterocycles. The molecule has 0 aliphatic heterocycles. The largest absolute Gasteiger partial charge is 0.336 e. The third kappa shape index (κ3) is 2.89. The molecule has 0 fully saturated rings. The molecule has 0 unspecified atom stereocenters. The van der Waals surface area contributed by atoms with Gasteiger partial charge in [0.15, 0.2) is 0 Å². The first-order valence-corrected chi connectivity index (χ1v) is 7.38. The van der Waals surface area contributed by atoms with Crippen molar-refractivity contribution in [1.82, 2.24) is 20.4 Å². The minimum Gasteiger partial charge on any atom is -0.336 e. The zero-order valence-electron chi connectivity index (χ0n) is 10.0. The van der Waals surface area contributed by atoms with E-state index in [-0.39, 0.29) is 5.82 Å². The molecule has 0 spiro atoms. The summed E-state index contributed by atoms with van der Waals surface area (Å²) in [5.74, 6) is -0.313. The predicted octanol–water partition coefficient (Wildman–Crippen LogP) is 2.75. The van der Waals surface area contributed by atoms with Gasteiger partial charge in [-0.1, -0.05) is 40.9 Å². The van der Waals surface area contributed by atoms with Crippen molar-refractivity contribution in [2.45, 2.75) is 6.17 Å². The van der Waals surface area contributed by atoms with Gasteiger partial charge >= 0.3 is 0 Å². The van der Waals surface area contributed by atoms with Gasteiger partial charge in [-0.25, -0.2) is 4.39 Å². The number of hydrogen-bond acceptors (Lipinski definition) is 8. The highest BCUT2D eigenvalue weighted by atomic mass is 32.1. The maximum absolute atomic E-state index is 14.0. The molecule has 1 aromatic carbocycles. The first-order valence-electron chi connectivity index (χ1n) is 5.63. The number of halogens is 1. The van der Waals surface area contributed by atoms with E-state index in [4.69, 9.17) is 0 Å². The van der Waals surface area contributed by atoms with Gasteiger partial charge in [-0.3, -0.25) is 0 Å². The number of nitrogens with one attached hydrogen (secondary N) is 2. The van der Waals surface area contributed by atoms with Crippen LogP contribution in [0.15, 0.2) is 35.3 Å². The van der Waals surface area contributed by atoms with Gasteiger partial charge in [-0.05, 0) is 6.07 Å². The molecule has 0 amide bonds. The third-order valence-electron chi connectivity index (χ3n) is 2.47. The van der Waals surface area contributed by atoms with Crippen molar-refractivity contribution in [3.8, 4) is 0 Å². The minimum atomic E-state index is -0.503. The molecular formula is C11H9FN6S2. The van der Waals surface area contributed by atoms with Crippen LogP contribution in [0.2, 0.25) is 0 Å². The molecule has 3 rings (SSSR count). The molecule has 2 N–H and O–H groups in total. The van der Waals surface area contributed by atoms with E-state index in [9.17, 15) is 4.39 Å². The van der Waals surface area contributed by atoms with Crippen LogP contribution in [0.5, 0.6) is 0 Å². The molecule has 3 aromatic rings. The summed E-state index contributed by atoms with van der Waals surface area (Å²) in [6.45, 7) is 0. The Kier molecular flexibility index (Phi) is 3.79. The van der Waals surface area contributed by atoms with Crippen molar-refractivity contribution in [2.75, 3.05) is 10.6 Å². The highest BCUT2D eigenvalue weighted by Crippen LogP contribution is 2.25. The average Bonchev–Trinajstić information content (AvgIpc) is 3.12. The first kappa shape index (κ1) is 12.9. The van der Waals surface area contributed by atoms with Gasteiger partial charge in [0.25, 0.3) is 0 Å². The van der Waals surface area contributed by atoms with E-state index in [1.165, 1.54) is 28.7 Å². The van der Waals surface area contributed by atoms with Crippen molar-refractivity contribution in [3.63, 3.8) is 0 Å². The molecule has 0 atom stereocenters. The maximum Gasteiger partial charge on any atom is 0.207 e. The molecular weight excluding hydrogens is 299 g/mol. The molecule has 0 saturated carbocycles. The Morgan fingerprint density at radius 2 is 1.55 bits per heavy atom. The van der Waals surface area contributed by atoms with E-state index in [0.29, 0.717) is 15.8 Å². The zero-order chi connectivity index (χ0) is 13.8. The molecule has 9 heteroatoms. The Balaban J connectivity index is 1.88. The van der Waals surface area contributed by atoms with Crippen LogP contribution in [0.25, 0.3) is 0 Å². The lowest BCUT2D eigenvalue weighted by Gasteiger charge is -2.19. The van der Waals surface area contributed by atoms with Crippen LogP contribution in [0, 0.1) is 5.82 Å². The summed E-state index contributed by atoms with van der Waals surface area (Å²) in [5.41, 5.74) is 3.68. The minimum absolute atomic E-state index is 0.313. The third-order valence-corrected chi connectivity index (χ3v) is 3.72. The van der Waals surface area contributed by atoms with Gasteiger partial charge in [-0.2, -0.15) is 0 Å². The molecule has 0 saturated heterocycles. The molecule has 102 valence electrons. The normalized spacial score (nSPS) is 10.7. The van der Waals surface area contributed by atoms with Crippen LogP contribution in [-0.2, 0) is 0 Å². The van der Waals surface area contributed by atoms with Gasteiger partial charge in [0.05, 0.1) is 0 Å². The van der Waals surface area contributed by atoms with E-state index in [2.05, 4.69) is 31.0 Å². The van der Waals surface area contributed by atoms with Crippen molar-refractivity contribution in [3.05, 3.63) is 46.7 Å². The van der Waals surface area contributed by atoms with Crippen LogP contribution < -0.4 is 10.6 Å². The highest BCUT2D eigenvalue weighted by molar-refractivity contribution is 7.13. The average molecular weight is 308 g/mol. The van der Waals surface area contributed by atoms with Crippen LogP contribution in [0.1, 0.15) is 11.7 Å². The second-order valence-electron chi connectivity index (χ2n) is 3.73. The van der Waals surface area contributed by atoms with Gasteiger partial charge in [0.2, 0.25) is 10.3 Å².